The molecule has 0 saturated heterocycles. The summed E-state index contributed by atoms with van der Waals surface area (Å²) >= 11 is 0. The molecule has 1 saturated carbocycles. The largest absolute Gasteiger partial charge is 0.481 e. The maximum atomic E-state index is 12.9. The van der Waals surface area contributed by atoms with E-state index in [4.69, 9.17) is 9.84 Å². The lowest BCUT2D eigenvalue weighted by atomic mass is 9.98. The predicted molar refractivity (Wildman–Crippen MR) is 127 cm³/mol. The van der Waals surface area contributed by atoms with Gasteiger partial charge in [-0.15, -0.1) is 11.8 Å². The molecule has 2 aromatic carbocycles. The quantitative estimate of drug-likeness (QED) is 0.495. The number of nitrogens with one attached hydrogen (secondary N) is 2. The molecule has 2 aromatic rings. The summed E-state index contributed by atoms with van der Waals surface area (Å²) in [6.45, 7) is 1.79. The Balaban J connectivity index is 1.40. The van der Waals surface area contributed by atoms with Crippen molar-refractivity contribution >= 4 is 18.0 Å². The van der Waals surface area contributed by atoms with Crippen LogP contribution >= 0.6 is 0 Å². The molecular weight excluding hydrogens is 432 g/mol. The molecular formula is C27H28N2O5. The van der Waals surface area contributed by atoms with Crippen LogP contribution in [0.5, 0.6) is 0 Å². The second-order valence-electron chi connectivity index (χ2n) is 8.70. The van der Waals surface area contributed by atoms with Crippen molar-refractivity contribution in [2.24, 2.45) is 5.92 Å². The number of fused-ring (bicyclic) bond motifs is 3. The van der Waals surface area contributed by atoms with Crippen LogP contribution in [0, 0.1) is 17.8 Å². The van der Waals surface area contributed by atoms with Gasteiger partial charge in [-0.25, -0.2) is 4.79 Å². The molecule has 2 aliphatic carbocycles. The summed E-state index contributed by atoms with van der Waals surface area (Å²) < 4.78 is 5.56. The van der Waals surface area contributed by atoms with Crippen molar-refractivity contribution in [2.75, 3.05) is 6.61 Å². The molecule has 0 aromatic heterocycles. The Morgan fingerprint density at radius 2 is 1.65 bits per heavy atom. The maximum Gasteiger partial charge on any atom is 0.407 e. The summed E-state index contributed by atoms with van der Waals surface area (Å²) in [6.07, 6.45) is 1.03. The number of hydrogen-bond donors (Lipinski definition) is 3. The van der Waals surface area contributed by atoms with Gasteiger partial charge in [0.2, 0.25) is 5.91 Å². The third kappa shape index (κ3) is 5.40. The molecule has 2 unspecified atom stereocenters. The molecule has 0 heterocycles. The fourth-order valence-corrected chi connectivity index (χ4v) is 4.50. The first-order valence-corrected chi connectivity index (χ1v) is 11.5. The zero-order valence-corrected chi connectivity index (χ0v) is 19.0. The number of carbonyl (C=O) groups excluding carboxylic acids is 2. The van der Waals surface area contributed by atoms with Crippen LogP contribution in [0.15, 0.2) is 48.5 Å². The van der Waals surface area contributed by atoms with E-state index in [1.807, 2.05) is 36.4 Å². The van der Waals surface area contributed by atoms with Crippen molar-refractivity contribution in [1.29, 1.82) is 0 Å². The van der Waals surface area contributed by atoms with E-state index in [0.717, 1.165) is 35.1 Å². The molecule has 3 N–H and O–H groups in total. The van der Waals surface area contributed by atoms with Gasteiger partial charge in [0.15, 0.2) is 0 Å². The zero-order chi connectivity index (χ0) is 24.1. The van der Waals surface area contributed by atoms with Crippen LogP contribution in [-0.4, -0.2) is 41.8 Å². The van der Waals surface area contributed by atoms with Gasteiger partial charge in [-0.3, -0.25) is 9.59 Å². The summed E-state index contributed by atoms with van der Waals surface area (Å²) in [4.78, 5) is 36.7. The van der Waals surface area contributed by atoms with Gasteiger partial charge in [0.05, 0.1) is 6.42 Å². The number of ether oxygens (including phenoxy) is 1. The zero-order valence-electron chi connectivity index (χ0n) is 19.0. The molecule has 4 rings (SSSR count). The van der Waals surface area contributed by atoms with Crippen LogP contribution in [0.25, 0.3) is 11.1 Å². The highest BCUT2D eigenvalue weighted by atomic mass is 16.5. The van der Waals surface area contributed by atoms with Crippen molar-refractivity contribution in [1.82, 2.24) is 10.6 Å². The lowest BCUT2D eigenvalue weighted by Crippen LogP contribution is -2.50. The molecule has 176 valence electrons. The Labute approximate surface area is 198 Å². The van der Waals surface area contributed by atoms with Crippen molar-refractivity contribution in [3.8, 4) is 23.0 Å². The Hall–Kier alpha value is -3.79. The summed E-state index contributed by atoms with van der Waals surface area (Å²) in [5.41, 5.74) is 4.46. The third-order valence-corrected chi connectivity index (χ3v) is 6.35. The average molecular weight is 461 g/mol. The van der Waals surface area contributed by atoms with Crippen LogP contribution in [0.3, 0.4) is 0 Å². The Morgan fingerprint density at radius 3 is 2.21 bits per heavy atom. The normalized spacial score (nSPS) is 15.7. The number of alkyl carbamates (subject to hydrolysis) is 1. The Kier molecular flexibility index (Phi) is 7.17. The second kappa shape index (κ2) is 10.4. The van der Waals surface area contributed by atoms with Gasteiger partial charge in [0.1, 0.15) is 12.6 Å². The van der Waals surface area contributed by atoms with Crippen molar-refractivity contribution in [3.05, 3.63) is 59.7 Å². The van der Waals surface area contributed by atoms with Crippen molar-refractivity contribution in [3.63, 3.8) is 0 Å². The molecule has 2 aliphatic rings. The number of carboxylic acids is 1. The monoisotopic (exact) mass is 460 g/mol. The first-order valence-electron chi connectivity index (χ1n) is 11.5. The van der Waals surface area contributed by atoms with E-state index in [9.17, 15) is 14.4 Å². The third-order valence-electron chi connectivity index (χ3n) is 6.35. The van der Waals surface area contributed by atoms with Gasteiger partial charge in [-0.1, -0.05) is 48.5 Å². The standard InChI is InChI=1S/C27H28N2O5/c1-2-3-12-23(26(32)28-24(15-25(30)31)17-13-14-17)29-27(33)34-16-22-20-10-6-4-8-18(20)19-9-5-7-11-21(19)22/h4-11,17,22-24H,12-16H2,1H3,(H,28,32)(H,29,33)(H,30,31). The van der Waals surface area contributed by atoms with E-state index in [1.165, 1.54) is 0 Å². The molecule has 7 heteroatoms. The van der Waals surface area contributed by atoms with Crippen LogP contribution in [0.1, 0.15) is 49.7 Å². The molecule has 1 fully saturated rings. The first kappa shape index (κ1) is 23.4. The minimum absolute atomic E-state index is 0.0873. The van der Waals surface area contributed by atoms with E-state index < -0.39 is 30.1 Å². The SMILES string of the molecule is CC#CCC(NC(=O)OCC1c2ccccc2-c2ccccc21)C(=O)NC(CC(=O)O)C1CC1. The van der Waals surface area contributed by atoms with Gasteiger partial charge in [-0.05, 0) is 47.9 Å². The van der Waals surface area contributed by atoms with Crippen LogP contribution in [0.2, 0.25) is 0 Å². The van der Waals surface area contributed by atoms with Gasteiger partial charge < -0.3 is 20.5 Å². The number of benzene rings is 2. The molecule has 2 amide bonds. The molecule has 34 heavy (non-hydrogen) atoms. The van der Waals surface area contributed by atoms with E-state index in [-0.39, 0.29) is 31.3 Å². The highest BCUT2D eigenvalue weighted by Crippen LogP contribution is 2.44. The first-order chi connectivity index (χ1) is 16.5. The average Bonchev–Trinajstić information content (AvgIpc) is 3.63. The van der Waals surface area contributed by atoms with Crippen LogP contribution < -0.4 is 10.6 Å². The number of rotatable bonds is 9. The smallest absolute Gasteiger partial charge is 0.407 e. The van der Waals surface area contributed by atoms with Crippen molar-refractivity contribution in [2.45, 2.75) is 50.6 Å². The van der Waals surface area contributed by atoms with Gasteiger partial charge in [0.25, 0.3) is 0 Å². The highest BCUT2D eigenvalue weighted by Gasteiger charge is 2.35. The molecule has 7 nitrogen and oxygen atoms in total. The summed E-state index contributed by atoms with van der Waals surface area (Å²) in [7, 11) is 0. The van der Waals surface area contributed by atoms with Gasteiger partial charge in [-0.2, -0.15) is 0 Å². The van der Waals surface area contributed by atoms with E-state index >= 15 is 0 Å². The predicted octanol–water partition coefficient (Wildman–Crippen LogP) is 3.68. The Morgan fingerprint density at radius 1 is 1.03 bits per heavy atom. The summed E-state index contributed by atoms with van der Waals surface area (Å²) in [5.74, 6) is 4.21. The second-order valence-corrected chi connectivity index (χ2v) is 8.70. The number of aliphatic carboxylic acids is 1. The van der Waals surface area contributed by atoms with Crippen LogP contribution in [-0.2, 0) is 14.3 Å². The number of carboxylic acid groups (broad SMARTS) is 1. The van der Waals surface area contributed by atoms with Crippen molar-refractivity contribution < 1.29 is 24.2 Å². The lowest BCUT2D eigenvalue weighted by Gasteiger charge is -2.22. The maximum absolute atomic E-state index is 12.9. The van der Waals surface area contributed by atoms with Gasteiger partial charge >= 0.3 is 12.1 Å². The van der Waals surface area contributed by atoms with Crippen LogP contribution in [0.4, 0.5) is 4.79 Å². The topological polar surface area (TPSA) is 105 Å². The fraction of sp³-hybridized carbons (Fsp3) is 0.370. The Bertz CT molecular complexity index is 1100. The summed E-state index contributed by atoms with van der Waals surface area (Å²) in [6, 6.07) is 14.7. The minimum Gasteiger partial charge on any atom is -0.481 e. The molecule has 0 spiro atoms. The van der Waals surface area contributed by atoms with Gasteiger partial charge in [0, 0.05) is 18.4 Å². The molecule has 0 radical (unpaired) electrons. The molecule has 0 bridgehead atoms. The van der Waals surface area contributed by atoms with E-state index in [1.54, 1.807) is 6.92 Å². The van der Waals surface area contributed by atoms with E-state index in [0.29, 0.717) is 0 Å². The number of hydrogen-bond acceptors (Lipinski definition) is 4. The fourth-order valence-electron chi connectivity index (χ4n) is 4.50. The number of amides is 2. The van der Waals surface area contributed by atoms with E-state index in [2.05, 4.69) is 34.6 Å². The summed E-state index contributed by atoms with van der Waals surface area (Å²) in [5, 5.41) is 14.6. The molecule has 0 aliphatic heterocycles. The highest BCUT2D eigenvalue weighted by molar-refractivity contribution is 5.86. The minimum atomic E-state index is -0.966. The molecule has 2 atom stereocenters. The lowest BCUT2D eigenvalue weighted by molar-refractivity contribution is -0.138. The number of carbonyl (C=O) groups is 3.